The van der Waals surface area contributed by atoms with Gasteiger partial charge < -0.3 is 18.7 Å². The van der Waals surface area contributed by atoms with Crippen molar-refractivity contribution in [1.29, 1.82) is 0 Å². The molecule has 0 saturated carbocycles. The lowest BCUT2D eigenvalue weighted by molar-refractivity contribution is -0.148. The van der Waals surface area contributed by atoms with Crippen LogP contribution >= 0.6 is 0 Å². The Hall–Kier alpha value is -3.68. The van der Waals surface area contributed by atoms with E-state index in [0.29, 0.717) is 29.3 Å². The Labute approximate surface area is 167 Å². The number of Topliss-reactive ketones (excluding diaryl/α,β-unsaturated/α-hetero) is 1. The second kappa shape index (κ2) is 9.50. The van der Waals surface area contributed by atoms with E-state index in [1.807, 2.05) is 18.2 Å². The Morgan fingerprint density at radius 1 is 1.07 bits per heavy atom. The molecule has 0 saturated heterocycles. The maximum Gasteiger partial charge on any atom is 0.344 e. The molecule has 0 amide bonds. The van der Waals surface area contributed by atoms with Crippen LogP contribution in [0.5, 0.6) is 11.5 Å². The Bertz CT molecular complexity index is 981. The minimum Gasteiger partial charge on any atom is -0.497 e. The maximum atomic E-state index is 11.9. The molecule has 1 aromatic heterocycles. The van der Waals surface area contributed by atoms with E-state index in [1.54, 1.807) is 44.4 Å². The van der Waals surface area contributed by atoms with E-state index >= 15 is 0 Å². The van der Waals surface area contributed by atoms with Gasteiger partial charge in [-0.1, -0.05) is 24.2 Å². The Morgan fingerprint density at radius 3 is 2.59 bits per heavy atom. The molecule has 29 heavy (non-hydrogen) atoms. The highest BCUT2D eigenvalue weighted by Gasteiger charge is 2.12. The number of rotatable bonds is 9. The van der Waals surface area contributed by atoms with Gasteiger partial charge in [-0.15, -0.1) is 0 Å². The van der Waals surface area contributed by atoms with Crippen LogP contribution in [-0.4, -0.2) is 35.6 Å². The number of nitrogens with zero attached hydrogens (tertiary/aromatic N) is 2. The van der Waals surface area contributed by atoms with Gasteiger partial charge in [0.2, 0.25) is 5.82 Å². The van der Waals surface area contributed by atoms with Crippen molar-refractivity contribution in [3.63, 3.8) is 0 Å². The lowest BCUT2D eigenvalue weighted by Gasteiger charge is -2.06. The lowest BCUT2D eigenvalue weighted by atomic mass is 10.1. The van der Waals surface area contributed by atoms with Gasteiger partial charge >= 0.3 is 5.97 Å². The molecule has 0 N–H and O–H groups in total. The predicted octanol–water partition coefficient (Wildman–Crippen LogP) is 3.46. The fraction of sp³-hybridized carbons (Fsp3) is 0.238. The van der Waals surface area contributed by atoms with Gasteiger partial charge in [-0.3, -0.25) is 4.79 Å². The number of carbonyl (C=O) groups excluding carboxylic acids is 2. The molecule has 0 aliphatic heterocycles. The van der Waals surface area contributed by atoms with Crippen LogP contribution in [0.3, 0.4) is 0 Å². The third-order valence-electron chi connectivity index (χ3n) is 4.01. The van der Waals surface area contributed by atoms with Crippen molar-refractivity contribution in [3.05, 3.63) is 60.0 Å². The zero-order valence-corrected chi connectivity index (χ0v) is 16.1. The molecule has 1 heterocycles. The molecule has 0 aliphatic rings. The van der Waals surface area contributed by atoms with Crippen molar-refractivity contribution in [3.8, 4) is 22.9 Å². The summed E-state index contributed by atoms with van der Waals surface area (Å²) in [7, 11) is 1.57. The predicted molar refractivity (Wildman–Crippen MR) is 103 cm³/mol. The third-order valence-corrected chi connectivity index (χ3v) is 4.01. The minimum atomic E-state index is -0.583. The highest BCUT2D eigenvalue weighted by Crippen LogP contribution is 2.21. The van der Waals surface area contributed by atoms with Gasteiger partial charge in [-0.2, -0.15) is 4.98 Å². The molecule has 8 heteroatoms. The van der Waals surface area contributed by atoms with Gasteiger partial charge in [0.05, 0.1) is 7.11 Å². The van der Waals surface area contributed by atoms with E-state index in [-0.39, 0.29) is 24.9 Å². The summed E-state index contributed by atoms with van der Waals surface area (Å²) in [5, 5.41) is 3.87. The number of benzene rings is 2. The van der Waals surface area contributed by atoms with Gasteiger partial charge in [-0.05, 0) is 36.4 Å². The maximum absolute atomic E-state index is 11.9. The standard InChI is InChI=1S/C21H20N2O6/c1-3-18(24)14-7-9-16(10-8-14)27-13-20(25)28-12-19-22-21(23-29-19)15-5-4-6-17(11-15)26-2/h4-11H,3,12-13H2,1-2H3. The van der Waals surface area contributed by atoms with E-state index in [2.05, 4.69) is 10.1 Å². The fourth-order valence-electron chi connectivity index (χ4n) is 2.46. The molecule has 0 atom stereocenters. The quantitative estimate of drug-likeness (QED) is 0.400. The van der Waals surface area contributed by atoms with Gasteiger partial charge in [0, 0.05) is 17.5 Å². The van der Waals surface area contributed by atoms with Crippen molar-refractivity contribution in [2.24, 2.45) is 0 Å². The molecular formula is C21H20N2O6. The second-order valence-corrected chi connectivity index (χ2v) is 5.99. The number of ketones is 1. The van der Waals surface area contributed by atoms with Crippen molar-refractivity contribution >= 4 is 11.8 Å². The minimum absolute atomic E-state index is 0.0452. The molecule has 0 bridgehead atoms. The zero-order valence-electron chi connectivity index (χ0n) is 16.1. The van der Waals surface area contributed by atoms with Crippen molar-refractivity contribution in [2.75, 3.05) is 13.7 Å². The Kier molecular flexibility index (Phi) is 6.57. The summed E-state index contributed by atoms with van der Waals surface area (Å²) in [5.41, 5.74) is 1.32. The van der Waals surface area contributed by atoms with E-state index < -0.39 is 5.97 Å². The molecule has 150 valence electrons. The average molecular weight is 396 g/mol. The summed E-state index contributed by atoms with van der Waals surface area (Å²) >= 11 is 0. The fourth-order valence-corrected chi connectivity index (χ4v) is 2.46. The SMILES string of the molecule is CCC(=O)c1ccc(OCC(=O)OCc2nc(-c3cccc(OC)c3)no2)cc1. The molecule has 0 unspecified atom stereocenters. The molecule has 2 aromatic carbocycles. The van der Waals surface area contributed by atoms with E-state index in [0.717, 1.165) is 5.56 Å². The monoisotopic (exact) mass is 396 g/mol. The molecule has 3 aromatic rings. The topological polar surface area (TPSA) is 101 Å². The largest absolute Gasteiger partial charge is 0.497 e. The zero-order chi connectivity index (χ0) is 20.6. The average Bonchev–Trinajstić information content (AvgIpc) is 3.25. The first-order valence-corrected chi connectivity index (χ1v) is 8.97. The van der Waals surface area contributed by atoms with E-state index in [9.17, 15) is 9.59 Å². The van der Waals surface area contributed by atoms with Crippen LogP contribution in [0.4, 0.5) is 0 Å². The number of hydrogen-bond acceptors (Lipinski definition) is 8. The van der Waals surface area contributed by atoms with Crippen molar-refractivity contribution in [1.82, 2.24) is 10.1 Å². The van der Waals surface area contributed by atoms with Gasteiger partial charge in [0.25, 0.3) is 5.89 Å². The van der Waals surface area contributed by atoms with Crippen molar-refractivity contribution < 1.29 is 28.3 Å². The molecule has 3 rings (SSSR count). The molecular weight excluding hydrogens is 376 g/mol. The smallest absolute Gasteiger partial charge is 0.344 e. The number of esters is 1. The van der Waals surface area contributed by atoms with Crippen LogP contribution in [-0.2, 0) is 16.1 Å². The third kappa shape index (κ3) is 5.41. The highest BCUT2D eigenvalue weighted by atomic mass is 16.6. The second-order valence-electron chi connectivity index (χ2n) is 5.99. The summed E-state index contributed by atoms with van der Waals surface area (Å²) in [6.07, 6.45) is 0.432. The van der Waals surface area contributed by atoms with Crippen LogP contribution in [0.1, 0.15) is 29.6 Å². The first kappa shape index (κ1) is 20.1. The summed E-state index contributed by atoms with van der Waals surface area (Å²) in [6.45, 7) is 1.35. The Morgan fingerprint density at radius 2 is 1.86 bits per heavy atom. The number of methoxy groups -OCH3 is 1. The number of carbonyl (C=O) groups is 2. The number of aromatic nitrogens is 2. The summed E-state index contributed by atoms with van der Waals surface area (Å²) in [6, 6.07) is 13.8. The number of ether oxygens (including phenoxy) is 3. The van der Waals surface area contributed by atoms with Crippen LogP contribution < -0.4 is 9.47 Å². The first-order chi connectivity index (χ1) is 14.1. The molecule has 0 radical (unpaired) electrons. The van der Waals surface area contributed by atoms with Crippen LogP contribution in [0.15, 0.2) is 53.1 Å². The Balaban J connectivity index is 1.48. The lowest BCUT2D eigenvalue weighted by Crippen LogP contribution is -2.14. The number of hydrogen-bond donors (Lipinski definition) is 0. The van der Waals surface area contributed by atoms with Gasteiger partial charge in [0.15, 0.2) is 19.0 Å². The highest BCUT2D eigenvalue weighted by molar-refractivity contribution is 5.95. The summed E-state index contributed by atoms with van der Waals surface area (Å²) in [4.78, 5) is 27.7. The summed E-state index contributed by atoms with van der Waals surface area (Å²) in [5.74, 6) is 1.13. The summed E-state index contributed by atoms with van der Waals surface area (Å²) < 4.78 is 20.7. The normalized spacial score (nSPS) is 10.4. The van der Waals surface area contributed by atoms with E-state index in [4.69, 9.17) is 18.7 Å². The van der Waals surface area contributed by atoms with E-state index in [1.165, 1.54) is 0 Å². The molecule has 0 aliphatic carbocycles. The van der Waals surface area contributed by atoms with Gasteiger partial charge in [0.1, 0.15) is 11.5 Å². The van der Waals surface area contributed by atoms with Crippen molar-refractivity contribution in [2.45, 2.75) is 20.0 Å². The first-order valence-electron chi connectivity index (χ1n) is 8.97. The van der Waals surface area contributed by atoms with Crippen LogP contribution in [0.2, 0.25) is 0 Å². The molecule has 0 spiro atoms. The van der Waals surface area contributed by atoms with Crippen LogP contribution in [0.25, 0.3) is 11.4 Å². The molecule has 8 nitrogen and oxygen atoms in total. The molecule has 0 fully saturated rings. The van der Waals surface area contributed by atoms with Gasteiger partial charge in [-0.25, -0.2) is 4.79 Å². The van der Waals surface area contributed by atoms with Crippen LogP contribution in [0, 0.1) is 0 Å².